The van der Waals surface area contributed by atoms with Gasteiger partial charge in [0.15, 0.2) is 11.5 Å². The summed E-state index contributed by atoms with van der Waals surface area (Å²) in [6.07, 6.45) is 0. The van der Waals surface area contributed by atoms with Gasteiger partial charge in [0.05, 0.1) is 19.1 Å². The predicted molar refractivity (Wildman–Crippen MR) is 67.0 cm³/mol. The first-order valence-electron chi connectivity index (χ1n) is 6.00. The molecule has 19 heavy (non-hydrogen) atoms. The molecule has 1 heterocycles. The number of benzene rings is 1. The highest BCUT2D eigenvalue weighted by Gasteiger charge is 2.36. The molecule has 0 aliphatic carbocycles. The van der Waals surface area contributed by atoms with Crippen molar-refractivity contribution in [2.24, 2.45) is 5.92 Å². The highest BCUT2D eigenvalue weighted by atomic mass is 16.5. The highest BCUT2D eigenvalue weighted by Crippen LogP contribution is 2.26. The molecule has 0 aromatic heterocycles. The van der Waals surface area contributed by atoms with Gasteiger partial charge in [-0.25, -0.2) is 0 Å². The van der Waals surface area contributed by atoms with Gasteiger partial charge in [0.25, 0.3) is 0 Å². The molecule has 6 nitrogen and oxygen atoms in total. The van der Waals surface area contributed by atoms with E-state index in [4.69, 9.17) is 9.84 Å². The Morgan fingerprint density at radius 1 is 1.37 bits per heavy atom. The van der Waals surface area contributed by atoms with Crippen molar-refractivity contribution in [3.63, 3.8) is 0 Å². The number of hydrogen-bond donors (Lipinski definition) is 3. The van der Waals surface area contributed by atoms with E-state index in [0.717, 1.165) is 5.56 Å². The number of carboxylic acids is 1. The number of phenolic OH excluding ortho intramolecular Hbond substituents is 2. The van der Waals surface area contributed by atoms with Gasteiger partial charge in [-0.05, 0) is 24.7 Å². The van der Waals surface area contributed by atoms with E-state index >= 15 is 0 Å². The third-order valence-electron chi connectivity index (χ3n) is 3.41. The largest absolute Gasteiger partial charge is 0.504 e. The summed E-state index contributed by atoms with van der Waals surface area (Å²) in [6.45, 7) is 1.09. The fourth-order valence-corrected chi connectivity index (χ4v) is 2.29. The zero-order valence-corrected chi connectivity index (χ0v) is 10.6. The van der Waals surface area contributed by atoms with Crippen molar-refractivity contribution in [2.45, 2.75) is 12.6 Å². The molecule has 1 aliphatic rings. The van der Waals surface area contributed by atoms with Crippen molar-refractivity contribution < 1.29 is 24.9 Å². The number of hydrogen-bond acceptors (Lipinski definition) is 5. The Hall–Kier alpha value is -1.79. The molecular weight excluding hydrogens is 250 g/mol. The average Bonchev–Trinajstić information content (AvgIpc) is 2.83. The number of aliphatic carboxylic acids is 1. The molecule has 1 aromatic carbocycles. The van der Waals surface area contributed by atoms with Gasteiger partial charge >= 0.3 is 5.97 Å². The molecule has 2 atom stereocenters. The first-order valence-corrected chi connectivity index (χ1v) is 6.00. The molecule has 0 saturated carbocycles. The van der Waals surface area contributed by atoms with E-state index in [-0.39, 0.29) is 24.1 Å². The maximum absolute atomic E-state index is 11.1. The Kier molecular flexibility index (Phi) is 3.92. The fraction of sp³-hybridized carbons (Fsp3) is 0.462. The molecule has 1 saturated heterocycles. The van der Waals surface area contributed by atoms with Crippen LogP contribution in [0.4, 0.5) is 0 Å². The second-order valence-corrected chi connectivity index (χ2v) is 4.79. The quantitative estimate of drug-likeness (QED) is 0.693. The van der Waals surface area contributed by atoms with E-state index in [1.54, 1.807) is 6.07 Å². The van der Waals surface area contributed by atoms with Crippen molar-refractivity contribution in [3.05, 3.63) is 23.8 Å². The second-order valence-electron chi connectivity index (χ2n) is 4.79. The van der Waals surface area contributed by atoms with Crippen LogP contribution in [0, 0.1) is 5.92 Å². The summed E-state index contributed by atoms with van der Waals surface area (Å²) in [5.74, 6) is -1.74. The maximum atomic E-state index is 11.1. The molecular formula is C13H17NO5. The Bertz CT molecular complexity index is 476. The third-order valence-corrected chi connectivity index (χ3v) is 3.41. The number of ether oxygens (including phenoxy) is 1. The van der Waals surface area contributed by atoms with E-state index in [0.29, 0.717) is 13.2 Å². The standard InChI is InChI=1S/C13H17NO5/c1-14(10-7-19-6-9(10)13(17)18)5-8-2-3-11(15)12(16)4-8/h2-4,9-10,15-16H,5-7H2,1H3,(H,17,18). The van der Waals surface area contributed by atoms with Crippen molar-refractivity contribution in [3.8, 4) is 11.5 Å². The highest BCUT2D eigenvalue weighted by molar-refractivity contribution is 5.71. The summed E-state index contributed by atoms with van der Waals surface area (Å²) in [5.41, 5.74) is 0.800. The Morgan fingerprint density at radius 2 is 2.11 bits per heavy atom. The lowest BCUT2D eigenvalue weighted by atomic mass is 10.0. The van der Waals surface area contributed by atoms with Crippen molar-refractivity contribution in [1.29, 1.82) is 0 Å². The SMILES string of the molecule is CN(Cc1ccc(O)c(O)c1)C1COCC1C(=O)O. The van der Waals surface area contributed by atoms with Gasteiger partial charge in [0.2, 0.25) is 0 Å². The number of aromatic hydroxyl groups is 2. The minimum atomic E-state index is -0.858. The summed E-state index contributed by atoms with van der Waals surface area (Å²) in [7, 11) is 1.82. The monoisotopic (exact) mass is 267 g/mol. The third kappa shape index (κ3) is 2.97. The number of carbonyl (C=O) groups is 1. The van der Waals surface area contributed by atoms with E-state index in [2.05, 4.69) is 0 Å². The van der Waals surface area contributed by atoms with Gasteiger partial charge in [-0.1, -0.05) is 6.07 Å². The lowest BCUT2D eigenvalue weighted by molar-refractivity contribution is -0.143. The van der Waals surface area contributed by atoms with Crippen molar-refractivity contribution >= 4 is 5.97 Å². The van der Waals surface area contributed by atoms with E-state index in [9.17, 15) is 15.0 Å². The Balaban J connectivity index is 2.05. The van der Waals surface area contributed by atoms with E-state index in [1.807, 2.05) is 11.9 Å². The summed E-state index contributed by atoms with van der Waals surface area (Å²) in [6, 6.07) is 4.39. The molecule has 1 fully saturated rings. The predicted octanol–water partition coefficient (Wildman–Crippen LogP) is 0.629. The molecule has 1 aromatic rings. The van der Waals surface area contributed by atoms with Crippen LogP contribution in [0.2, 0.25) is 0 Å². The normalized spacial score (nSPS) is 22.8. The average molecular weight is 267 g/mol. The van der Waals surface area contributed by atoms with Crippen LogP contribution >= 0.6 is 0 Å². The van der Waals surface area contributed by atoms with Gasteiger partial charge in [-0.3, -0.25) is 9.69 Å². The van der Waals surface area contributed by atoms with Gasteiger partial charge < -0.3 is 20.1 Å². The van der Waals surface area contributed by atoms with Crippen LogP contribution in [0.3, 0.4) is 0 Å². The molecule has 2 rings (SSSR count). The molecule has 1 aliphatic heterocycles. The van der Waals surface area contributed by atoms with Crippen LogP contribution in [0.15, 0.2) is 18.2 Å². The molecule has 3 N–H and O–H groups in total. The summed E-state index contributed by atoms with van der Waals surface area (Å²) in [4.78, 5) is 13.0. The van der Waals surface area contributed by atoms with Crippen molar-refractivity contribution in [1.82, 2.24) is 4.90 Å². The zero-order chi connectivity index (χ0) is 14.0. The van der Waals surface area contributed by atoms with Gasteiger partial charge in [-0.2, -0.15) is 0 Å². The van der Waals surface area contributed by atoms with Crippen LogP contribution < -0.4 is 0 Å². The molecule has 104 valence electrons. The lowest BCUT2D eigenvalue weighted by Gasteiger charge is -2.26. The maximum Gasteiger partial charge on any atom is 0.310 e. The summed E-state index contributed by atoms with van der Waals surface area (Å²) < 4.78 is 5.22. The fourth-order valence-electron chi connectivity index (χ4n) is 2.29. The minimum Gasteiger partial charge on any atom is -0.504 e. The molecule has 0 radical (unpaired) electrons. The number of phenols is 2. The summed E-state index contributed by atoms with van der Waals surface area (Å²) >= 11 is 0. The van der Waals surface area contributed by atoms with Crippen LogP contribution in [-0.2, 0) is 16.1 Å². The Morgan fingerprint density at radius 3 is 2.74 bits per heavy atom. The number of carboxylic acid groups (broad SMARTS) is 1. The van der Waals surface area contributed by atoms with E-state index < -0.39 is 11.9 Å². The molecule has 2 unspecified atom stereocenters. The second kappa shape index (κ2) is 5.46. The smallest absolute Gasteiger partial charge is 0.310 e. The van der Waals surface area contributed by atoms with Crippen LogP contribution in [0.25, 0.3) is 0 Å². The van der Waals surface area contributed by atoms with Gasteiger partial charge in [0, 0.05) is 12.6 Å². The number of rotatable bonds is 4. The van der Waals surface area contributed by atoms with Gasteiger partial charge in [-0.15, -0.1) is 0 Å². The van der Waals surface area contributed by atoms with Gasteiger partial charge in [0.1, 0.15) is 0 Å². The van der Waals surface area contributed by atoms with Crippen molar-refractivity contribution in [2.75, 3.05) is 20.3 Å². The van der Waals surface area contributed by atoms with Crippen LogP contribution in [0.1, 0.15) is 5.56 Å². The molecule has 0 amide bonds. The topological polar surface area (TPSA) is 90.2 Å². The molecule has 0 spiro atoms. The minimum absolute atomic E-state index is 0.168. The zero-order valence-electron chi connectivity index (χ0n) is 10.6. The molecule has 6 heteroatoms. The number of likely N-dealkylation sites (N-methyl/N-ethyl adjacent to an activating group) is 1. The van der Waals surface area contributed by atoms with Crippen LogP contribution in [-0.4, -0.2) is 52.5 Å². The van der Waals surface area contributed by atoms with Crippen LogP contribution in [0.5, 0.6) is 11.5 Å². The first kappa shape index (κ1) is 13.6. The first-order chi connectivity index (χ1) is 8.99. The summed E-state index contributed by atoms with van der Waals surface area (Å²) in [5, 5.41) is 27.8. The number of nitrogens with zero attached hydrogens (tertiary/aromatic N) is 1. The molecule has 0 bridgehead atoms. The lowest BCUT2D eigenvalue weighted by Crippen LogP contribution is -2.40. The Labute approximate surface area is 110 Å². The van der Waals surface area contributed by atoms with E-state index in [1.165, 1.54) is 12.1 Å².